The molecule has 1 aliphatic rings. The maximum atomic E-state index is 13.8. The Labute approximate surface area is 228 Å². The number of aldehydes is 1. The van der Waals surface area contributed by atoms with Gasteiger partial charge in [0.05, 0.1) is 49.6 Å². The van der Waals surface area contributed by atoms with Crippen LogP contribution in [-0.4, -0.2) is 94.8 Å². The number of ketones is 1. The van der Waals surface area contributed by atoms with E-state index in [9.17, 15) is 39.0 Å². The molecule has 1 aromatic carbocycles. The molecule has 0 fully saturated rings. The van der Waals surface area contributed by atoms with E-state index in [4.69, 9.17) is 4.74 Å². The number of hydrogen-bond acceptors (Lipinski definition) is 11. The first-order chi connectivity index (χ1) is 19.1. The molecule has 1 aromatic heterocycles. The first-order valence-electron chi connectivity index (χ1n) is 12.0. The highest BCUT2D eigenvalue weighted by molar-refractivity contribution is 6.11. The van der Waals surface area contributed by atoms with Gasteiger partial charge in [-0.2, -0.15) is 0 Å². The summed E-state index contributed by atoms with van der Waals surface area (Å²) >= 11 is 0. The van der Waals surface area contributed by atoms with Gasteiger partial charge in [0.25, 0.3) is 17.7 Å². The molecule has 0 bridgehead atoms. The number of carbonyl (C=O) groups is 6. The SMILES string of the molecule is COc1nc(CO)cnc1C(=O)N[C@H]1CN(C(=O)CO)c2ccccc2N(CC(=O)N[C@H](C=O)CC(C)=O)C1=O. The predicted molar refractivity (Wildman–Crippen MR) is 137 cm³/mol. The number of aliphatic hydroxyl groups is 2. The standard InChI is InChI=1S/C25H28N6O9/c1-14(35)7-15(11-32)27-20(36)10-31-19-6-4-3-5-18(19)30(21(37)13-34)9-17(25(31)39)29-23(38)22-24(40-2)28-16(12-33)8-26-22/h3-6,8,11,15,17,33-34H,7,9-10,12-13H2,1-2H3,(H,27,36)(H,29,38)/t15-,17-/m0/s1. The molecular formula is C25H28N6O9. The third-order valence-electron chi connectivity index (χ3n) is 5.81. The first kappa shape index (κ1) is 29.8. The number of para-hydroxylation sites is 2. The Bertz CT molecular complexity index is 1320. The minimum absolute atomic E-state index is 0.125. The van der Waals surface area contributed by atoms with E-state index in [0.29, 0.717) is 6.29 Å². The summed E-state index contributed by atoms with van der Waals surface area (Å²) in [6, 6.07) is 3.56. The lowest BCUT2D eigenvalue weighted by molar-refractivity contribution is -0.127. The zero-order valence-electron chi connectivity index (χ0n) is 21.7. The molecule has 0 unspecified atom stereocenters. The Kier molecular flexibility index (Phi) is 9.94. The van der Waals surface area contributed by atoms with Gasteiger partial charge in [-0.3, -0.25) is 28.9 Å². The number of benzene rings is 1. The number of nitrogens with one attached hydrogen (secondary N) is 2. The third kappa shape index (κ3) is 6.81. The van der Waals surface area contributed by atoms with Crippen LogP contribution in [0.3, 0.4) is 0 Å². The molecule has 0 spiro atoms. The van der Waals surface area contributed by atoms with Crippen LogP contribution in [0.25, 0.3) is 0 Å². The van der Waals surface area contributed by atoms with Gasteiger partial charge in [0, 0.05) is 6.42 Å². The van der Waals surface area contributed by atoms with Gasteiger partial charge < -0.3 is 35.3 Å². The molecule has 2 aromatic rings. The summed E-state index contributed by atoms with van der Waals surface area (Å²) in [6.07, 6.45) is 1.30. The van der Waals surface area contributed by atoms with Crippen molar-refractivity contribution in [2.24, 2.45) is 0 Å². The number of aliphatic hydroxyl groups excluding tert-OH is 2. The van der Waals surface area contributed by atoms with Crippen molar-refractivity contribution in [2.75, 3.05) is 36.6 Å². The Morgan fingerprint density at radius 3 is 2.50 bits per heavy atom. The van der Waals surface area contributed by atoms with Crippen LogP contribution in [0.5, 0.6) is 5.88 Å². The van der Waals surface area contributed by atoms with E-state index in [1.54, 1.807) is 12.1 Å². The highest BCUT2D eigenvalue weighted by Crippen LogP contribution is 2.33. The fourth-order valence-electron chi connectivity index (χ4n) is 4.02. The maximum absolute atomic E-state index is 13.8. The monoisotopic (exact) mass is 556 g/mol. The van der Waals surface area contributed by atoms with Crippen molar-refractivity contribution < 1.29 is 43.7 Å². The van der Waals surface area contributed by atoms with Crippen LogP contribution in [0.2, 0.25) is 0 Å². The van der Waals surface area contributed by atoms with Crippen LogP contribution in [0, 0.1) is 0 Å². The molecule has 40 heavy (non-hydrogen) atoms. The van der Waals surface area contributed by atoms with Gasteiger partial charge >= 0.3 is 0 Å². The van der Waals surface area contributed by atoms with Gasteiger partial charge in [0.15, 0.2) is 5.69 Å². The van der Waals surface area contributed by atoms with Crippen molar-refractivity contribution in [2.45, 2.75) is 32.0 Å². The van der Waals surface area contributed by atoms with E-state index in [1.807, 2.05) is 0 Å². The number of fused-ring (bicyclic) bond motifs is 1. The van der Waals surface area contributed by atoms with E-state index in [2.05, 4.69) is 20.6 Å². The topological polar surface area (TPSA) is 208 Å². The largest absolute Gasteiger partial charge is 0.479 e. The molecular weight excluding hydrogens is 528 g/mol. The highest BCUT2D eigenvalue weighted by atomic mass is 16.5. The zero-order valence-corrected chi connectivity index (χ0v) is 21.7. The number of amides is 4. The first-order valence-corrected chi connectivity index (χ1v) is 12.0. The molecule has 0 aliphatic carbocycles. The van der Waals surface area contributed by atoms with Crippen molar-refractivity contribution in [3.8, 4) is 5.88 Å². The second-order valence-corrected chi connectivity index (χ2v) is 8.70. The summed E-state index contributed by atoms with van der Waals surface area (Å²) in [5, 5.41) is 23.7. The van der Waals surface area contributed by atoms with E-state index in [-0.39, 0.29) is 40.8 Å². The summed E-state index contributed by atoms with van der Waals surface area (Å²) in [4.78, 5) is 85.3. The Hall–Kier alpha value is -4.76. The number of aromatic nitrogens is 2. The smallest absolute Gasteiger partial charge is 0.276 e. The van der Waals surface area contributed by atoms with Crippen molar-refractivity contribution in [3.05, 3.63) is 41.9 Å². The summed E-state index contributed by atoms with van der Waals surface area (Å²) < 4.78 is 5.08. The fourth-order valence-corrected chi connectivity index (χ4v) is 4.02. The molecule has 2 heterocycles. The molecule has 3 rings (SSSR count). The van der Waals surface area contributed by atoms with Crippen molar-refractivity contribution in [1.29, 1.82) is 0 Å². The van der Waals surface area contributed by atoms with Crippen molar-refractivity contribution in [1.82, 2.24) is 20.6 Å². The minimum Gasteiger partial charge on any atom is -0.479 e. The van der Waals surface area contributed by atoms with Crippen molar-refractivity contribution >= 4 is 47.1 Å². The van der Waals surface area contributed by atoms with E-state index < -0.39 is 62.0 Å². The van der Waals surface area contributed by atoms with Crippen molar-refractivity contribution in [3.63, 3.8) is 0 Å². The van der Waals surface area contributed by atoms with Crippen LogP contribution in [0.4, 0.5) is 11.4 Å². The molecule has 0 saturated heterocycles. The lowest BCUT2D eigenvalue weighted by Gasteiger charge is -2.25. The Balaban J connectivity index is 1.99. The fraction of sp³-hybridized carbons (Fsp3) is 0.360. The van der Waals surface area contributed by atoms with Gasteiger partial charge in [-0.05, 0) is 19.1 Å². The van der Waals surface area contributed by atoms with Crippen LogP contribution < -0.4 is 25.2 Å². The molecule has 0 saturated carbocycles. The molecule has 15 nitrogen and oxygen atoms in total. The zero-order chi connectivity index (χ0) is 29.4. The molecule has 212 valence electrons. The third-order valence-corrected chi connectivity index (χ3v) is 5.81. The highest BCUT2D eigenvalue weighted by Gasteiger charge is 2.38. The van der Waals surface area contributed by atoms with Gasteiger partial charge in [-0.25, -0.2) is 9.97 Å². The number of carbonyl (C=O) groups excluding carboxylic acids is 6. The van der Waals surface area contributed by atoms with Crippen LogP contribution in [0.1, 0.15) is 29.5 Å². The number of Topliss-reactive ketones (excluding diaryl/α,β-unsaturated/α-hetero) is 1. The van der Waals surface area contributed by atoms with E-state index in [1.165, 1.54) is 26.2 Å². The maximum Gasteiger partial charge on any atom is 0.276 e. The normalized spacial score (nSPS) is 15.4. The van der Waals surface area contributed by atoms with Crippen LogP contribution >= 0.6 is 0 Å². The Morgan fingerprint density at radius 1 is 1.20 bits per heavy atom. The molecule has 0 radical (unpaired) electrons. The lowest BCUT2D eigenvalue weighted by Crippen LogP contribution is -2.55. The summed E-state index contributed by atoms with van der Waals surface area (Å²) in [5.41, 5.74) is 0.126. The summed E-state index contributed by atoms with van der Waals surface area (Å²) in [6.45, 7) is -1.15. The Morgan fingerprint density at radius 2 is 1.90 bits per heavy atom. The van der Waals surface area contributed by atoms with Gasteiger partial charge in [-0.15, -0.1) is 0 Å². The van der Waals surface area contributed by atoms with Gasteiger partial charge in [0.1, 0.15) is 31.3 Å². The number of hydrogen-bond donors (Lipinski definition) is 4. The van der Waals surface area contributed by atoms with Gasteiger partial charge in [0.2, 0.25) is 11.8 Å². The second-order valence-electron chi connectivity index (χ2n) is 8.70. The van der Waals surface area contributed by atoms with Crippen LogP contribution in [-0.2, 0) is 30.6 Å². The minimum atomic E-state index is -1.44. The lowest BCUT2D eigenvalue weighted by atomic mass is 10.1. The van der Waals surface area contributed by atoms with E-state index in [0.717, 1.165) is 16.0 Å². The number of rotatable bonds is 11. The van der Waals surface area contributed by atoms with E-state index >= 15 is 0 Å². The van der Waals surface area contributed by atoms with Gasteiger partial charge in [-0.1, -0.05) is 12.1 Å². The summed E-state index contributed by atoms with van der Waals surface area (Å²) in [5.74, 6) is -3.81. The quantitative estimate of drug-likeness (QED) is 0.225. The van der Waals surface area contributed by atoms with Crippen LogP contribution in [0.15, 0.2) is 30.5 Å². The number of ether oxygens (including phenoxy) is 1. The number of methoxy groups -OCH3 is 1. The molecule has 15 heteroatoms. The summed E-state index contributed by atoms with van der Waals surface area (Å²) in [7, 11) is 1.23. The number of anilines is 2. The molecule has 4 N–H and O–H groups in total. The number of nitrogens with zero attached hydrogens (tertiary/aromatic N) is 4. The second kappa shape index (κ2) is 13.3. The molecule has 1 aliphatic heterocycles. The predicted octanol–water partition coefficient (Wildman–Crippen LogP) is -1.89. The molecule has 4 amide bonds. The molecule has 2 atom stereocenters. The average Bonchev–Trinajstić information content (AvgIpc) is 3.06. The average molecular weight is 557 g/mol.